The minimum absolute atomic E-state index is 0.140. The Morgan fingerprint density at radius 2 is 2.00 bits per heavy atom. The van der Waals surface area contributed by atoms with Gasteiger partial charge in [-0.15, -0.1) is 12.6 Å². The quantitative estimate of drug-likeness (QED) is 0.364. The molecule has 0 aromatic heterocycles. The Kier molecular flexibility index (Phi) is 3.24. The van der Waals surface area contributed by atoms with E-state index in [1.807, 2.05) is 0 Å². The second-order valence-corrected chi connectivity index (χ2v) is 2.27. The van der Waals surface area contributed by atoms with Gasteiger partial charge in [0.1, 0.15) is 0 Å². The molecule has 2 nitrogen and oxygen atoms in total. The van der Waals surface area contributed by atoms with Crippen LogP contribution < -0.4 is 0 Å². The van der Waals surface area contributed by atoms with E-state index in [4.69, 9.17) is 0 Å². The van der Waals surface area contributed by atoms with Crippen molar-refractivity contribution in [1.82, 2.24) is 0 Å². The molecular formula is C6H8O2S. The lowest BCUT2D eigenvalue weighted by Crippen LogP contribution is -2.02. The summed E-state index contributed by atoms with van der Waals surface area (Å²) < 4.78 is 0. The van der Waals surface area contributed by atoms with Gasteiger partial charge in [-0.2, -0.15) is 0 Å². The summed E-state index contributed by atoms with van der Waals surface area (Å²) >= 11 is 3.43. The van der Waals surface area contributed by atoms with Crippen molar-refractivity contribution < 1.29 is 9.59 Å². The van der Waals surface area contributed by atoms with Crippen molar-refractivity contribution in [3.05, 3.63) is 12.2 Å². The predicted octanol–water partition coefficient (Wildman–Crippen LogP) is 0.978. The number of allylic oxidation sites excluding steroid dienone is 1. The van der Waals surface area contributed by atoms with Crippen molar-refractivity contribution >= 4 is 23.5 Å². The number of thiol groups is 1. The van der Waals surface area contributed by atoms with E-state index in [1.54, 1.807) is 6.92 Å². The van der Waals surface area contributed by atoms with Crippen LogP contribution in [0.1, 0.15) is 13.3 Å². The van der Waals surface area contributed by atoms with Crippen molar-refractivity contribution in [1.29, 1.82) is 0 Å². The molecule has 0 amide bonds. The SMILES string of the molecule is C=C(C)C(=O)CC(=O)S. The molecule has 3 heteroatoms. The van der Waals surface area contributed by atoms with Crippen LogP contribution in [0.2, 0.25) is 0 Å². The second kappa shape index (κ2) is 3.45. The van der Waals surface area contributed by atoms with Gasteiger partial charge in [-0.1, -0.05) is 6.58 Å². The zero-order valence-corrected chi connectivity index (χ0v) is 6.07. The molecule has 0 N–H and O–H groups in total. The Labute approximate surface area is 59.4 Å². The van der Waals surface area contributed by atoms with Crippen molar-refractivity contribution in [2.45, 2.75) is 13.3 Å². The number of ketones is 1. The maximum absolute atomic E-state index is 10.6. The molecule has 0 aliphatic heterocycles. The fourth-order valence-corrected chi connectivity index (χ4v) is 0.432. The first kappa shape index (κ1) is 8.43. The highest BCUT2D eigenvalue weighted by molar-refractivity contribution is 7.96. The lowest BCUT2D eigenvalue weighted by atomic mass is 10.2. The van der Waals surface area contributed by atoms with Crippen LogP contribution in [0, 0.1) is 0 Å². The third-order valence-corrected chi connectivity index (χ3v) is 0.946. The van der Waals surface area contributed by atoms with Crippen molar-refractivity contribution in [2.24, 2.45) is 0 Å². The van der Waals surface area contributed by atoms with Gasteiger partial charge in [-0.3, -0.25) is 9.59 Å². The van der Waals surface area contributed by atoms with Crippen molar-refractivity contribution in [3.8, 4) is 0 Å². The summed E-state index contributed by atoms with van der Waals surface area (Å²) in [5.41, 5.74) is 0.400. The minimum Gasteiger partial charge on any atom is -0.294 e. The zero-order valence-electron chi connectivity index (χ0n) is 5.18. The molecular weight excluding hydrogens is 136 g/mol. The molecule has 0 aliphatic carbocycles. The molecule has 0 aliphatic rings. The summed E-state index contributed by atoms with van der Waals surface area (Å²) in [6.07, 6.45) is -0.140. The molecule has 0 rings (SSSR count). The van der Waals surface area contributed by atoms with E-state index in [9.17, 15) is 9.59 Å². The van der Waals surface area contributed by atoms with Gasteiger partial charge in [0.2, 0.25) is 0 Å². The number of rotatable bonds is 3. The van der Waals surface area contributed by atoms with Crippen LogP contribution in [0.15, 0.2) is 12.2 Å². The van der Waals surface area contributed by atoms with Crippen LogP contribution in [-0.4, -0.2) is 10.9 Å². The van der Waals surface area contributed by atoms with Crippen LogP contribution in [0.5, 0.6) is 0 Å². The highest BCUT2D eigenvalue weighted by atomic mass is 32.1. The van der Waals surface area contributed by atoms with Crippen molar-refractivity contribution in [2.75, 3.05) is 0 Å². The number of Topliss-reactive ketones (excluding diaryl/α,β-unsaturated/α-hetero) is 1. The van der Waals surface area contributed by atoms with Gasteiger partial charge in [0, 0.05) is 0 Å². The van der Waals surface area contributed by atoms with Crippen LogP contribution >= 0.6 is 12.6 Å². The molecule has 0 saturated heterocycles. The molecule has 0 fully saturated rings. The van der Waals surface area contributed by atoms with Gasteiger partial charge in [0.05, 0.1) is 6.42 Å². The number of carbonyl (C=O) groups is 2. The van der Waals surface area contributed by atoms with Crippen LogP contribution in [0.3, 0.4) is 0 Å². The predicted molar refractivity (Wildman–Crippen MR) is 38.4 cm³/mol. The standard InChI is InChI=1S/C6H8O2S/c1-4(2)5(7)3-6(8)9/h1,3H2,2H3,(H,8,9). The van der Waals surface area contributed by atoms with Gasteiger partial charge in [0.15, 0.2) is 10.9 Å². The molecule has 0 unspecified atom stereocenters. The Bertz CT molecular complexity index is 160. The van der Waals surface area contributed by atoms with Gasteiger partial charge in [-0.25, -0.2) is 0 Å². The number of carbonyl (C=O) groups excluding carboxylic acids is 2. The highest BCUT2D eigenvalue weighted by Crippen LogP contribution is 1.97. The van der Waals surface area contributed by atoms with Gasteiger partial charge in [-0.05, 0) is 12.5 Å². The average Bonchev–Trinajstić information content (AvgIpc) is 1.63. The summed E-state index contributed by atoms with van der Waals surface area (Å²) in [5, 5.41) is -0.414. The molecule has 0 bridgehead atoms. The molecule has 0 aromatic rings. The minimum atomic E-state index is -0.414. The van der Waals surface area contributed by atoms with E-state index in [1.165, 1.54) is 0 Å². The first-order chi connectivity index (χ1) is 4.04. The Balaban J connectivity index is 3.79. The summed E-state index contributed by atoms with van der Waals surface area (Å²) in [6.45, 7) is 4.94. The maximum atomic E-state index is 10.6. The molecule has 0 radical (unpaired) electrons. The molecule has 0 heterocycles. The Morgan fingerprint density at radius 3 is 2.11 bits per heavy atom. The summed E-state index contributed by atoms with van der Waals surface area (Å²) in [4.78, 5) is 20.7. The fourth-order valence-electron chi connectivity index (χ4n) is 0.288. The third kappa shape index (κ3) is 3.97. The van der Waals surface area contributed by atoms with Crippen molar-refractivity contribution in [3.63, 3.8) is 0 Å². The van der Waals surface area contributed by atoms with Gasteiger partial charge < -0.3 is 0 Å². The van der Waals surface area contributed by atoms with E-state index in [2.05, 4.69) is 19.2 Å². The van der Waals surface area contributed by atoms with E-state index in [0.29, 0.717) is 5.57 Å². The number of hydrogen-bond donors (Lipinski definition) is 1. The lowest BCUT2D eigenvalue weighted by Gasteiger charge is -1.91. The molecule has 50 valence electrons. The van der Waals surface area contributed by atoms with Crippen LogP contribution in [0.4, 0.5) is 0 Å². The van der Waals surface area contributed by atoms with E-state index in [0.717, 1.165) is 0 Å². The summed E-state index contributed by atoms with van der Waals surface area (Å²) in [7, 11) is 0. The van der Waals surface area contributed by atoms with E-state index in [-0.39, 0.29) is 12.2 Å². The smallest absolute Gasteiger partial charge is 0.193 e. The zero-order chi connectivity index (χ0) is 7.44. The molecule has 9 heavy (non-hydrogen) atoms. The van der Waals surface area contributed by atoms with E-state index >= 15 is 0 Å². The molecule has 0 spiro atoms. The molecule has 0 saturated carbocycles. The first-order valence-corrected chi connectivity index (χ1v) is 2.89. The van der Waals surface area contributed by atoms with Crippen LogP contribution in [0.25, 0.3) is 0 Å². The Hall–Kier alpha value is -0.570. The highest BCUT2D eigenvalue weighted by Gasteiger charge is 2.04. The lowest BCUT2D eigenvalue weighted by molar-refractivity contribution is -0.120. The normalized spacial score (nSPS) is 8.67. The first-order valence-electron chi connectivity index (χ1n) is 2.44. The van der Waals surface area contributed by atoms with Gasteiger partial charge >= 0.3 is 0 Å². The fraction of sp³-hybridized carbons (Fsp3) is 0.333. The van der Waals surface area contributed by atoms with E-state index < -0.39 is 5.12 Å². The molecule has 0 atom stereocenters. The largest absolute Gasteiger partial charge is 0.294 e. The second-order valence-electron chi connectivity index (χ2n) is 1.77. The third-order valence-electron chi connectivity index (χ3n) is 0.788. The number of hydrogen-bond acceptors (Lipinski definition) is 2. The Morgan fingerprint density at radius 1 is 1.56 bits per heavy atom. The van der Waals surface area contributed by atoms with Gasteiger partial charge in [0.25, 0.3) is 0 Å². The monoisotopic (exact) mass is 144 g/mol. The maximum Gasteiger partial charge on any atom is 0.193 e. The summed E-state index contributed by atoms with van der Waals surface area (Å²) in [5.74, 6) is -0.241. The van der Waals surface area contributed by atoms with Crippen LogP contribution in [-0.2, 0) is 9.59 Å². The topological polar surface area (TPSA) is 34.1 Å². The average molecular weight is 144 g/mol. The summed E-state index contributed by atoms with van der Waals surface area (Å²) in [6, 6.07) is 0. The molecule has 0 aromatic carbocycles.